The Morgan fingerprint density at radius 2 is 2.50 bits per heavy atom. The Morgan fingerprint density at radius 1 is 1.69 bits per heavy atom. The minimum absolute atomic E-state index is 0.0714. The van der Waals surface area contributed by atoms with Gasteiger partial charge in [0.1, 0.15) is 5.82 Å². The number of anilines is 1. The lowest BCUT2D eigenvalue weighted by Crippen LogP contribution is -2.32. The second-order valence-electron chi connectivity index (χ2n) is 3.54. The van der Waals surface area contributed by atoms with Crippen LogP contribution in [0.4, 0.5) is 5.82 Å². The van der Waals surface area contributed by atoms with Crippen molar-refractivity contribution >= 4 is 5.82 Å². The zero-order valence-electron chi connectivity index (χ0n) is 8.61. The van der Waals surface area contributed by atoms with E-state index in [9.17, 15) is 4.79 Å². The van der Waals surface area contributed by atoms with Gasteiger partial charge in [0.05, 0.1) is 12.7 Å². The van der Waals surface area contributed by atoms with Crippen molar-refractivity contribution in [3.63, 3.8) is 0 Å². The van der Waals surface area contributed by atoms with Crippen molar-refractivity contribution in [1.82, 2.24) is 9.55 Å². The van der Waals surface area contributed by atoms with Gasteiger partial charge in [-0.3, -0.25) is 4.57 Å². The van der Waals surface area contributed by atoms with E-state index in [1.807, 2.05) is 6.08 Å². The second-order valence-corrected chi connectivity index (χ2v) is 3.54. The highest BCUT2D eigenvalue weighted by molar-refractivity contribution is 5.23. The number of aliphatic hydroxyl groups is 1. The first kappa shape index (κ1) is 10.8. The molecule has 6 nitrogen and oxygen atoms in total. The number of aromatic nitrogens is 2. The first-order valence-electron chi connectivity index (χ1n) is 4.98. The number of nitrogen functional groups attached to an aromatic ring is 1. The van der Waals surface area contributed by atoms with E-state index in [-0.39, 0.29) is 18.5 Å². The molecular formula is C10H13N3O3. The molecule has 1 aromatic heterocycles. The highest BCUT2D eigenvalue weighted by Gasteiger charge is 2.19. The number of rotatable bonds is 2. The summed E-state index contributed by atoms with van der Waals surface area (Å²) in [6, 6.07) is 1.53. The summed E-state index contributed by atoms with van der Waals surface area (Å²) in [6.07, 6.45) is 5.00. The van der Waals surface area contributed by atoms with E-state index in [0.29, 0.717) is 6.42 Å². The third kappa shape index (κ3) is 2.12. The number of hydrogen-bond acceptors (Lipinski definition) is 5. The van der Waals surface area contributed by atoms with Crippen molar-refractivity contribution in [2.75, 3.05) is 12.3 Å². The quantitative estimate of drug-likeness (QED) is 0.669. The summed E-state index contributed by atoms with van der Waals surface area (Å²) in [5.41, 5.74) is 4.92. The maximum Gasteiger partial charge on any atom is 0.351 e. The molecule has 0 saturated heterocycles. The Balaban J connectivity index is 2.27. The molecule has 0 amide bonds. The van der Waals surface area contributed by atoms with E-state index in [1.54, 1.807) is 6.08 Å². The van der Waals surface area contributed by atoms with Crippen molar-refractivity contribution in [2.45, 2.75) is 18.8 Å². The molecule has 1 aliphatic heterocycles. The molecule has 0 radical (unpaired) electrons. The molecule has 0 spiro atoms. The Hall–Kier alpha value is -1.66. The molecule has 0 aromatic carbocycles. The van der Waals surface area contributed by atoms with Gasteiger partial charge in [0.2, 0.25) is 0 Å². The molecule has 3 N–H and O–H groups in total. The summed E-state index contributed by atoms with van der Waals surface area (Å²) in [5, 5.41) is 8.99. The van der Waals surface area contributed by atoms with E-state index in [4.69, 9.17) is 15.6 Å². The molecule has 2 heterocycles. The van der Waals surface area contributed by atoms with Crippen LogP contribution < -0.4 is 11.4 Å². The summed E-state index contributed by atoms with van der Waals surface area (Å²) in [5.74, 6) is 0.180. The van der Waals surface area contributed by atoms with E-state index in [0.717, 1.165) is 0 Å². The first-order chi connectivity index (χ1) is 7.70. The highest BCUT2D eigenvalue weighted by atomic mass is 16.5. The minimum Gasteiger partial charge on any atom is -0.394 e. The topological polar surface area (TPSA) is 90.4 Å². The maximum atomic E-state index is 11.5. The molecule has 0 saturated carbocycles. The van der Waals surface area contributed by atoms with Crippen LogP contribution in [-0.2, 0) is 4.74 Å². The fourth-order valence-corrected chi connectivity index (χ4v) is 1.54. The molecule has 6 heteroatoms. The van der Waals surface area contributed by atoms with E-state index in [1.165, 1.54) is 16.8 Å². The van der Waals surface area contributed by atoms with Gasteiger partial charge >= 0.3 is 5.69 Å². The lowest BCUT2D eigenvalue weighted by atomic mass is 10.2. The summed E-state index contributed by atoms with van der Waals surface area (Å²) in [7, 11) is 0. The summed E-state index contributed by atoms with van der Waals surface area (Å²) >= 11 is 0. The highest BCUT2D eigenvalue weighted by Crippen LogP contribution is 2.18. The second kappa shape index (κ2) is 4.46. The fourth-order valence-electron chi connectivity index (χ4n) is 1.54. The van der Waals surface area contributed by atoms with Gasteiger partial charge in [0, 0.05) is 6.20 Å². The van der Waals surface area contributed by atoms with E-state index >= 15 is 0 Å². The average molecular weight is 223 g/mol. The number of hydrogen-bond donors (Lipinski definition) is 2. The van der Waals surface area contributed by atoms with Crippen LogP contribution in [0.2, 0.25) is 0 Å². The summed E-state index contributed by atoms with van der Waals surface area (Å²) in [6.45, 7) is -0.0714. The van der Waals surface area contributed by atoms with Crippen molar-refractivity contribution in [3.8, 4) is 0 Å². The standard InChI is InChI=1S/C10H13N3O3/c11-8-4-5-13(10(15)12-8)9-3-1-2-7(6-14)16-9/h1,3-5,7,9,14H,2,6H2,(H2,11,12,15)/t7-,9-/m0/s1. The molecule has 0 fully saturated rings. The van der Waals surface area contributed by atoms with Crippen LogP contribution in [0.3, 0.4) is 0 Å². The number of nitrogens with two attached hydrogens (primary N) is 1. The van der Waals surface area contributed by atoms with Crippen molar-refractivity contribution in [3.05, 3.63) is 34.9 Å². The third-order valence-corrected chi connectivity index (χ3v) is 2.36. The Kier molecular flexibility index (Phi) is 3.02. The molecule has 2 rings (SSSR count). The number of ether oxygens (including phenoxy) is 1. The van der Waals surface area contributed by atoms with Crippen LogP contribution in [0.25, 0.3) is 0 Å². The number of nitrogens with zero attached hydrogens (tertiary/aromatic N) is 2. The SMILES string of the molecule is Nc1ccn([C@@H]2C=CC[C@@H](CO)O2)c(=O)n1. The van der Waals surface area contributed by atoms with Gasteiger partial charge < -0.3 is 15.6 Å². The van der Waals surface area contributed by atoms with Gasteiger partial charge in [0.15, 0.2) is 6.23 Å². The van der Waals surface area contributed by atoms with Crippen LogP contribution in [0.5, 0.6) is 0 Å². The monoisotopic (exact) mass is 223 g/mol. The minimum atomic E-state index is -0.522. The van der Waals surface area contributed by atoms with Crippen molar-refractivity contribution in [2.24, 2.45) is 0 Å². The Bertz CT molecular complexity index is 455. The van der Waals surface area contributed by atoms with Gasteiger partial charge in [-0.2, -0.15) is 4.98 Å². The summed E-state index contributed by atoms with van der Waals surface area (Å²) < 4.78 is 6.82. The van der Waals surface area contributed by atoms with Crippen LogP contribution in [0, 0.1) is 0 Å². The van der Waals surface area contributed by atoms with Gasteiger partial charge in [-0.05, 0) is 18.6 Å². The van der Waals surface area contributed by atoms with Crippen LogP contribution in [-0.4, -0.2) is 27.4 Å². The zero-order valence-corrected chi connectivity index (χ0v) is 8.61. The predicted molar refractivity (Wildman–Crippen MR) is 57.7 cm³/mol. The molecule has 0 unspecified atom stereocenters. The normalized spacial score (nSPS) is 24.6. The molecule has 0 aliphatic carbocycles. The average Bonchev–Trinajstić information content (AvgIpc) is 2.29. The number of aliphatic hydroxyl groups excluding tert-OH is 1. The lowest BCUT2D eigenvalue weighted by Gasteiger charge is -2.25. The van der Waals surface area contributed by atoms with Crippen LogP contribution in [0.15, 0.2) is 29.2 Å². The summed E-state index contributed by atoms with van der Waals surface area (Å²) in [4.78, 5) is 15.1. The smallest absolute Gasteiger partial charge is 0.351 e. The molecule has 0 bridgehead atoms. The molecule has 1 aliphatic rings. The lowest BCUT2D eigenvalue weighted by molar-refractivity contribution is -0.0580. The third-order valence-electron chi connectivity index (χ3n) is 2.36. The fraction of sp³-hybridized carbons (Fsp3) is 0.400. The predicted octanol–water partition coefficient (Wildman–Crippen LogP) is -0.339. The van der Waals surface area contributed by atoms with Crippen LogP contribution in [0.1, 0.15) is 12.6 Å². The van der Waals surface area contributed by atoms with E-state index in [2.05, 4.69) is 4.98 Å². The first-order valence-corrected chi connectivity index (χ1v) is 4.98. The van der Waals surface area contributed by atoms with Gasteiger partial charge in [-0.25, -0.2) is 4.79 Å². The van der Waals surface area contributed by atoms with Crippen molar-refractivity contribution < 1.29 is 9.84 Å². The molecular weight excluding hydrogens is 210 g/mol. The van der Waals surface area contributed by atoms with E-state index < -0.39 is 11.9 Å². The van der Waals surface area contributed by atoms with Gasteiger partial charge in [0.25, 0.3) is 0 Å². The molecule has 2 atom stereocenters. The largest absolute Gasteiger partial charge is 0.394 e. The maximum absolute atomic E-state index is 11.5. The molecule has 1 aromatic rings. The van der Waals surface area contributed by atoms with Crippen LogP contribution >= 0.6 is 0 Å². The molecule has 16 heavy (non-hydrogen) atoms. The van der Waals surface area contributed by atoms with Crippen molar-refractivity contribution in [1.29, 1.82) is 0 Å². The van der Waals surface area contributed by atoms with Gasteiger partial charge in [-0.1, -0.05) is 6.08 Å². The Morgan fingerprint density at radius 3 is 3.19 bits per heavy atom. The zero-order chi connectivity index (χ0) is 11.5. The van der Waals surface area contributed by atoms with Gasteiger partial charge in [-0.15, -0.1) is 0 Å². The Labute approximate surface area is 92.0 Å². The molecule has 86 valence electrons.